The van der Waals surface area contributed by atoms with Gasteiger partial charge in [-0.1, -0.05) is 25.8 Å². The average molecular weight is 298 g/mol. The molecule has 116 valence electrons. The molecule has 0 saturated heterocycles. The van der Waals surface area contributed by atoms with Gasteiger partial charge in [0.25, 0.3) is 6.47 Å². The van der Waals surface area contributed by atoms with Crippen molar-refractivity contribution in [1.29, 1.82) is 0 Å². The third kappa shape index (κ3) is 10.8. The maximum Gasteiger partial charge on any atom is 0.293 e. The molecule has 20 heavy (non-hydrogen) atoms. The molecule has 0 aliphatic rings. The Balaban J connectivity index is 4.29. The molecule has 0 aliphatic heterocycles. The van der Waals surface area contributed by atoms with Crippen LogP contribution >= 0.6 is 0 Å². The molecule has 0 N–H and O–H groups in total. The number of carbonyl (C=O) groups is 1. The van der Waals surface area contributed by atoms with Crippen LogP contribution in [0.2, 0.25) is 19.6 Å². The van der Waals surface area contributed by atoms with Gasteiger partial charge in [0, 0.05) is 6.42 Å². The monoisotopic (exact) mass is 298 g/mol. The van der Waals surface area contributed by atoms with Crippen LogP contribution in [-0.4, -0.2) is 20.9 Å². The smallest absolute Gasteiger partial charge is 0.293 e. The van der Waals surface area contributed by atoms with E-state index in [2.05, 4.69) is 26.6 Å². The molecule has 0 aromatic rings. The van der Waals surface area contributed by atoms with Crippen LogP contribution in [0.15, 0.2) is 24.0 Å². The second kappa shape index (κ2) is 10.7. The fraction of sp³-hybridized carbons (Fsp3) is 0.688. The summed E-state index contributed by atoms with van der Waals surface area (Å²) in [6.07, 6.45) is 11.1. The van der Waals surface area contributed by atoms with Gasteiger partial charge in [-0.05, 0) is 51.6 Å². The zero-order valence-corrected chi connectivity index (χ0v) is 14.6. The van der Waals surface area contributed by atoms with Crippen molar-refractivity contribution in [3.05, 3.63) is 24.0 Å². The normalized spacial score (nSPS) is 14.3. The largest absolute Gasteiger partial charge is 0.545 e. The number of allylic oxidation sites excluding steroid dienone is 2. The lowest BCUT2D eigenvalue weighted by atomic mass is 10.1. The minimum atomic E-state index is -1.57. The Morgan fingerprint density at radius 1 is 1.25 bits per heavy atom. The quantitative estimate of drug-likeness (QED) is 0.180. The molecule has 4 heteroatoms. The molecular weight excluding hydrogens is 268 g/mol. The van der Waals surface area contributed by atoms with Crippen LogP contribution in [0.4, 0.5) is 0 Å². The van der Waals surface area contributed by atoms with Crippen molar-refractivity contribution in [1.82, 2.24) is 0 Å². The van der Waals surface area contributed by atoms with Crippen molar-refractivity contribution in [2.75, 3.05) is 0 Å². The zero-order chi connectivity index (χ0) is 15.4. The molecule has 0 aromatic heterocycles. The number of carbonyl (C=O) groups excluding carboxylic acids is 1. The summed E-state index contributed by atoms with van der Waals surface area (Å²) < 4.78 is 11.1. The summed E-state index contributed by atoms with van der Waals surface area (Å²) in [4.78, 5) is 10.5. The van der Waals surface area contributed by atoms with Crippen molar-refractivity contribution < 1.29 is 14.0 Å². The van der Waals surface area contributed by atoms with Crippen LogP contribution in [0.5, 0.6) is 0 Å². The molecule has 3 nitrogen and oxygen atoms in total. The first-order chi connectivity index (χ1) is 9.42. The van der Waals surface area contributed by atoms with Gasteiger partial charge in [0.15, 0.2) is 0 Å². The summed E-state index contributed by atoms with van der Waals surface area (Å²) >= 11 is 0. The molecule has 0 amide bonds. The number of unbranched alkanes of at least 4 members (excludes halogenated alkanes) is 2. The Kier molecular flexibility index (Phi) is 10.2. The number of ether oxygens (including phenoxy) is 1. The highest BCUT2D eigenvalue weighted by Gasteiger charge is 2.16. The van der Waals surface area contributed by atoms with Crippen molar-refractivity contribution in [2.24, 2.45) is 0 Å². The molecule has 0 heterocycles. The van der Waals surface area contributed by atoms with Gasteiger partial charge in [-0.2, -0.15) is 0 Å². The first-order valence-electron chi connectivity index (χ1n) is 7.54. The molecular formula is C16H30O3Si. The Hall–Kier alpha value is -1.03. The summed E-state index contributed by atoms with van der Waals surface area (Å²) in [5.41, 5.74) is 0. The fourth-order valence-electron chi connectivity index (χ4n) is 1.82. The van der Waals surface area contributed by atoms with Crippen LogP contribution < -0.4 is 0 Å². The second-order valence-electron chi connectivity index (χ2n) is 5.89. The van der Waals surface area contributed by atoms with Gasteiger partial charge < -0.3 is 9.16 Å². The molecule has 0 bridgehead atoms. The van der Waals surface area contributed by atoms with E-state index in [-0.39, 0.29) is 6.10 Å². The third-order valence-corrected chi connectivity index (χ3v) is 3.62. The van der Waals surface area contributed by atoms with E-state index in [1.54, 1.807) is 0 Å². The lowest BCUT2D eigenvalue weighted by Crippen LogP contribution is -2.24. The van der Waals surface area contributed by atoms with E-state index < -0.39 is 8.32 Å². The molecule has 0 saturated carbocycles. The highest BCUT2D eigenvalue weighted by Crippen LogP contribution is 2.14. The lowest BCUT2D eigenvalue weighted by Gasteiger charge is -2.20. The Labute approximate surface area is 125 Å². The van der Waals surface area contributed by atoms with Crippen LogP contribution in [-0.2, 0) is 14.0 Å². The first kappa shape index (κ1) is 19.0. The SMILES string of the molecule is C/C=C(\C=C\C[C@H](CCCCC)OC=O)O[Si](C)(C)C. The van der Waals surface area contributed by atoms with Crippen molar-refractivity contribution in [3.8, 4) is 0 Å². The molecule has 0 aliphatic carbocycles. The van der Waals surface area contributed by atoms with E-state index in [0.29, 0.717) is 6.47 Å². The van der Waals surface area contributed by atoms with E-state index in [1.807, 2.05) is 25.2 Å². The summed E-state index contributed by atoms with van der Waals surface area (Å²) in [6.45, 7) is 11.2. The highest BCUT2D eigenvalue weighted by molar-refractivity contribution is 6.70. The number of hydrogen-bond donors (Lipinski definition) is 0. The molecule has 0 radical (unpaired) electrons. The number of rotatable bonds is 11. The van der Waals surface area contributed by atoms with Crippen LogP contribution in [0.3, 0.4) is 0 Å². The topological polar surface area (TPSA) is 35.5 Å². The van der Waals surface area contributed by atoms with Crippen molar-refractivity contribution in [3.63, 3.8) is 0 Å². The van der Waals surface area contributed by atoms with E-state index in [1.165, 1.54) is 12.8 Å². The van der Waals surface area contributed by atoms with E-state index >= 15 is 0 Å². The molecule has 0 aromatic carbocycles. The van der Waals surface area contributed by atoms with Gasteiger partial charge in [0.2, 0.25) is 8.32 Å². The zero-order valence-electron chi connectivity index (χ0n) is 13.6. The predicted octanol–water partition coefficient (Wildman–Crippen LogP) is 4.81. The molecule has 0 rings (SSSR count). The predicted molar refractivity (Wildman–Crippen MR) is 87.0 cm³/mol. The maximum atomic E-state index is 10.5. The first-order valence-corrected chi connectivity index (χ1v) is 10.9. The van der Waals surface area contributed by atoms with Gasteiger partial charge in [-0.15, -0.1) is 0 Å². The van der Waals surface area contributed by atoms with Crippen LogP contribution in [0.1, 0.15) is 46.0 Å². The summed E-state index contributed by atoms with van der Waals surface area (Å²) in [6, 6.07) is 0. The molecule has 0 unspecified atom stereocenters. The van der Waals surface area contributed by atoms with E-state index in [9.17, 15) is 4.79 Å². The minimum Gasteiger partial charge on any atom is -0.545 e. The van der Waals surface area contributed by atoms with Gasteiger partial charge in [-0.25, -0.2) is 0 Å². The van der Waals surface area contributed by atoms with Crippen molar-refractivity contribution >= 4 is 14.8 Å². The maximum absolute atomic E-state index is 10.5. The summed E-state index contributed by atoms with van der Waals surface area (Å²) in [7, 11) is -1.57. The van der Waals surface area contributed by atoms with E-state index in [0.717, 1.165) is 25.0 Å². The van der Waals surface area contributed by atoms with Crippen LogP contribution in [0.25, 0.3) is 0 Å². The summed E-state index contributed by atoms with van der Waals surface area (Å²) in [5.74, 6) is 0.905. The molecule has 0 spiro atoms. The van der Waals surface area contributed by atoms with Crippen molar-refractivity contribution in [2.45, 2.75) is 71.7 Å². The molecule has 0 fully saturated rings. The third-order valence-electron chi connectivity index (χ3n) is 2.77. The Morgan fingerprint density at radius 3 is 2.45 bits per heavy atom. The lowest BCUT2D eigenvalue weighted by molar-refractivity contribution is -0.133. The Morgan fingerprint density at radius 2 is 1.95 bits per heavy atom. The minimum absolute atomic E-state index is 0.0136. The van der Waals surface area contributed by atoms with E-state index in [4.69, 9.17) is 9.16 Å². The Bertz CT molecular complexity index is 316. The average Bonchev–Trinajstić information content (AvgIpc) is 2.36. The second-order valence-corrected chi connectivity index (χ2v) is 10.3. The van der Waals surface area contributed by atoms with Crippen LogP contribution in [0, 0.1) is 0 Å². The summed E-state index contributed by atoms with van der Waals surface area (Å²) in [5, 5.41) is 0. The van der Waals surface area contributed by atoms with Gasteiger partial charge in [0.1, 0.15) is 6.10 Å². The van der Waals surface area contributed by atoms with Gasteiger partial charge in [-0.3, -0.25) is 4.79 Å². The highest BCUT2D eigenvalue weighted by atomic mass is 28.4. The molecule has 1 atom stereocenters. The fourth-order valence-corrected chi connectivity index (χ4v) is 2.71. The standard InChI is InChI=1S/C16H30O3Si/c1-6-8-9-11-16(18-14-17)13-10-12-15(7-2)19-20(3,4)5/h7,10,12,14,16H,6,8-9,11,13H2,1-5H3/b12-10+,15-7+/t16-/m0/s1. The number of hydrogen-bond acceptors (Lipinski definition) is 3. The van der Waals surface area contributed by atoms with Gasteiger partial charge >= 0.3 is 0 Å². The van der Waals surface area contributed by atoms with Gasteiger partial charge in [0.05, 0.1) is 5.76 Å².